The zero-order valence-corrected chi connectivity index (χ0v) is 14.8. The van der Waals surface area contributed by atoms with E-state index in [1.807, 2.05) is 12.3 Å². The summed E-state index contributed by atoms with van der Waals surface area (Å²) in [6.45, 7) is 8.20. The lowest BCUT2D eigenvalue weighted by molar-refractivity contribution is -0.116. The maximum atomic E-state index is 11.6. The Morgan fingerprint density at radius 3 is 2.57 bits per heavy atom. The van der Waals surface area contributed by atoms with Crippen LogP contribution in [-0.4, -0.2) is 43.4 Å². The fourth-order valence-electron chi connectivity index (χ4n) is 1.62. The van der Waals surface area contributed by atoms with Gasteiger partial charge in [0.15, 0.2) is 15.0 Å². The summed E-state index contributed by atoms with van der Waals surface area (Å²) < 4.78 is 22.4. The van der Waals surface area contributed by atoms with Crippen LogP contribution in [0.5, 0.6) is 0 Å². The van der Waals surface area contributed by atoms with E-state index in [1.54, 1.807) is 18.7 Å². The second-order valence-corrected chi connectivity index (χ2v) is 9.01. The zero-order valence-electron chi connectivity index (χ0n) is 13.1. The van der Waals surface area contributed by atoms with Crippen molar-refractivity contribution in [2.24, 2.45) is 0 Å². The smallest absolute Gasteiger partial charge is 0.225 e. The van der Waals surface area contributed by atoms with Gasteiger partial charge in [-0.3, -0.25) is 9.69 Å². The van der Waals surface area contributed by atoms with Crippen molar-refractivity contribution in [3.05, 3.63) is 11.1 Å². The van der Waals surface area contributed by atoms with E-state index in [2.05, 4.69) is 10.3 Å². The fourth-order valence-corrected chi connectivity index (χ4v) is 2.91. The second kappa shape index (κ2) is 6.85. The molecular weight excluding hydrogens is 310 g/mol. The van der Waals surface area contributed by atoms with Gasteiger partial charge in [-0.1, -0.05) is 0 Å². The van der Waals surface area contributed by atoms with Crippen molar-refractivity contribution in [1.82, 2.24) is 10.3 Å². The Morgan fingerprint density at radius 2 is 2.10 bits per heavy atom. The van der Waals surface area contributed by atoms with Gasteiger partial charge in [0.25, 0.3) is 0 Å². The maximum Gasteiger partial charge on any atom is 0.225 e. The Bertz CT molecular complexity index is 594. The standard InChI is InChI=1S/C13H23N3O3S2/c1-6-16(10(2)17)12-15-11(8-20-12)7-14-9-13(3,4)21(5,18)19/h8,14H,6-7,9H2,1-5H3. The molecule has 1 rings (SSSR count). The quantitative estimate of drug-likeness (QED) is 0.816. The van der Waals surface area contributed by atoms with Crippen molar-refractivity contribution in [2.75, 3.05) is 24.2 Å². The minimum Gasteiger partial charge on any atom is -0.310 e. The van der Waals surface area contributed by atoms with Crippen LogP contribution in [0.4, 0.5) is 5.13 Å². The largest absolute Gasteiger partial charge is 0.310 e. The summed E-state index contributed by atoms with van der Waals surface area (Å²) in [5.41, 5.74) is 0.805. The molecule has 1 amide bonds. The van der Waals surface area contributed by atoms with Crippen LogP contribution in [0.15, 0.2) is 5.38 Å². The monoisotopic (exact) mass is 333 g/mol. The lowest BCUT2D eigenvalue weighted by Crippen LogP contribution is -2.41. The van der Waals surface area contributed by atoms with Gasteiger partial charge < -0.3 is 5.32 Å². The minimum atomic E-state index is -3.11. The highest BCUT2D eigenvalue weighted by atomic mass is 32.2. The Labute approximate surface area is 130 Å². The molecular formula is C13H23N3O3S2. The van der Waals surface area contributed by atoms with Gasteiger partial charge in [-0.05, 0) is 20.8 Å². The van der Waals surface area contributed by atoms with Gasteiger partial charge in [0.05, 0.1) is 10.4 Å². The average Bonchev–Trinajstić information content (AvgIpc) is 2.76. The van der Waals surface area contributed by atoms with E-state index in [0.29, 0.717) is 24.8 Å². The molecule has 8 heteroatoms. The molecule has 1 heterocycles. The first kappa shape index (κ1) is 18.1. The van der Waals surface area contributed by atoms with Gasteiger partial charge in [0.2, 0.25) is 5.91 Å². The maximum absolute atomic E-state index is 11.6. The summed E-state index contributed by atoms with van der Waals surface area (Å²) in [4.78, 5) is 17.5. The number of anilines is 1. The van der Waals surface area contributed by atoms with Crippen molar-refractivity contribution in [3.8, 4) is 0 Å². The van der Waals surface area contributed by atoms with E-state index < -0.39 is 14.6 Å². The fraction of sp³-hybridized carbons (Fsp3) is 0.692. The Balaban J connectivity index is 2.63. The molecule has 0 aliphatic carbocycles. The number of rotatable bonds is 7. The van der Waals surface area contributed by atoms with Gasteiger partial charge in [0, 0.05) is 38.2 Å². The average molecular weight is 333 g/mol. The molecule has 0 spiro atoms. The summed E-state index contributed by atoms with van der Waals surface area (Å²) >= 11 is 1.41. The zero-order chi connectivity index (χ0) is 16.3. The molecule has 1 N–H and O–H groups in total. The van der Waals surface area contributed by atoms with Crippen LogP contribution in [0.1, 0.15) is 33.4 Å². The van der Waals surface area contributed by atoms with Crippen LogP contribution in [0, 0.1) is 0 Å². The highest BCUT2D eigenvalue weighted by molar-refractivity contribution is 7.92. The molecule has 6 nitrogen and oxygen atoms in total. The number of aromatic nitrogens is 1. The molecule has 0 saturated carbocycles. The van der Waals surface area contributed by atoms with Gasteiger partial charge in [-0.25, -0.2) is 13.4 Å². The van der Waals surface area contributed by atoms with E-state index >= 15 is 0 Å². The molecule has 120 valence electrons. The van der Waals surface area contributed by atoms with Gasteiger partial charge in [-0.2, -0.15) is 0 Å². The SMILES string of the molecule is CCN(C(C)=O)c1nc(CNCC(C)(C)S(C)(=O)=O)cs1. The van der Waals surface area contributed by atoms with Crippen LogP contribution in [0.25, 0.3) is 0 Å². The summed E-state index contributed by atoms with van der Waals surface area (Å²) in [5.74, 6) is -0.0374. The molecule has 1 aromatic heterocycles. The van der Waals surface area contributed by atoms with E-state index in [0.717, 1.165) is 5.69 Å². The van der Waals surface area contributed by atoms with Crippen LogP contribution < -0.4 is 10.2 Å². The summed E-state index contributed by atoms with van der Waals surface area (Å²) in [6, 6.07) is 0. The molecule has 0 aromatic carbocycles. The first-order valence-corrected chi connectivity index (χ1v) is 9.48. The number of thiazole rings is 1. The molecule has 0 radical (unpaired) electrons. The van der Waals surface area contributed by atoms with Gasteiger partial charge in [-0.15, -0.1) is 11.3 Å². The number of carbonyl (C=O) groups is 1. The summed E-state index contributed by atoms with van der Waals surface area (Å²) in [6.07, 6.45) is 1.24. The van der Waals surface area contributed by atoms with Crippen molar-refractivity contribution < 1.29 is 13.2 Å². The highest BCUT2D eigenvalue weighted by Gasteiger charge is 2.29. The molecule has 0 aliphatic heterocycles. The molecule has 0 fully saturated rings. The van der Waals surface area contributed by atoms with Crippen LogP contribution in [-0.2, 0) is 21.2 Å². The Kier molecular flexibility index (Phi) is 5.89. The number of carbonyl (C=O) groups excluding carboxylic acids is 1. The first-order chi connectivity index (χ1) is 9.58. The highest BCUT2D eigenvalue weighted by Crippen LogP contribution is 2.21. The molecule has 0 atom stereocenters. The van der Waals surface area contributed by atoms with Crippen molar-refractivity contribution >= 4 is 32.2 Å². The van der Waals surface area contributed by atoms with Crippen molar-refractivity contribution in [2.45, 2.75) is 39.0 Å². The Hall–Kier alpha value is -0.990. The number of hydrogen-bond donors (Lipinski definition) is 1. The Morgan fingerprint density at radius 1 is 1.48 bits per heavy atom. The molecule has 1 aromatic rings. The lowest BCUT2D eigenvalue weighted by Gasteiger charge is -2.22. The summed E-state index contributed by atoms with van der Waals surface area (Å²) in [7, 11) is -3.11. The number of nitrogens with one attached hydrogen (secondary N) is 1. The van der Waals surface area contributed by atoms with Gasteiger partial charge in [0.1, 0.15) is 0 Å². The van der Waals surface area contributed by atoms with E-state index in [1.165, 1.54) is 24.5 Å². The summed E-state index contributed by atoms with van der Waals surface area (Å²) in [5, 5.41) is 5.66. The van der Waals surface area contributed by atoms with E-state index in [-0.39, 0.29) is 5.91 Å². The number of sulfone groups is 1. The number of amides is 1. The molecule has 0 aliphatic rings. The van der Waals surface area contributed by atoms with Crippen LogP contribution in [0.3, 0.4) is 0 Å². The van der Waals surface area contributed by atoms with Crippen LogP contribution >= 0.6 is 11.3 Å². The van der Waals surface area contributed by atoms with E-state index in [9.17, 15) is 13.2 Å². The molecule has 21 heavy (non-hydrogen) atoms. The minimum absolute atomic E-state index is 0.0374. The van der Waals surface area contributed by atoms with E-state index in [4.69, 9.17) is 0 Å². The topological polar surface area (TPSA) is 79.4 Å². The lowest BCUT2D eigenvalue weighted by atomic mass is 10.2. The third-order valence-corrected chi connectivity index (χ3v) is 6.39. The second-order valence-electron chi connectivity index (χ2n) is 5.52. The third kappa shape index (κ3) is 4.76. The van der Waals surface area contributed by atoms with Crippen LogP contribution in [0.2, 0.25) is 0 Å². The van der Waals surface area contributed by atoms with Gasteiger partial charge >= 0.3 is 0 Å². The third-order valence-electron chi connectivity index (χ3n) is 3.33. The van der Waals surface area contributed by atoms with Crippen molar-refractivity contribution in [1.29, 1.82) is 0 Å². The molecule has 0 unspecified atom stereocenters. The first-order valence-electron chi connectivity index (χ1n) is 6.71. The number of hydrogen-bond acceptors (Lipinski definition) is 6. The number of nitrogens with zero attached hydrogens (tertiary/aromatic N) is 2. The molecule has 0 bridgehead atoms. The predicted molar refractivity (Wildman–Crippen MR) is 86.4 cm³/mol. The predicted octanol–water partition coefficient (Wildman–Crippen LogP) is 1.43. The molecule has 0 saturated heterocycles. The van der Waals surface area contributed by atoms with Crippen molar-refractivity contribution in [3.63, 3.8) is 0 Å². The normalized spacial score (nSPS) is 12.4.